The fourth-order valence-electron chi connectivity index (χ4n) is 1.76. The molecule has 1 N–H and O–H groups in total. The molecule has 0 aliphatic heterocycles. The normalized spacial score (nSPS) is 28.6. The van der Waals surface area contributed by atoms with Crippen LogP contribution in [-0.4, -0.2) is 20.2 Å². The molecule has 1 fully saturated rings. The molecule has 0 unspecified atom stereocenters. The fourth-order valence-corrected chi connectivity index (χ4v) is 2.63. The van der Waals surface area contributed by atoms with Crippen LogP contribution in [0.4, 0.5) is 0 Å². The number of rotatable bonds is 3. The van der Waals surface area contributed by atoms with Crippen LogP contribution in [-0.2, 0) is 10.0 Å². The highest BCUT2D eigenvalue weighted by molar-refractivity contribution is 7.89. The summed E-state index contributed by atoms with van der Waals surface area (Å²) < 4.78 is 25.2. The van der Waals surface area contributed by atoms with E-state index in [4.69, 9.17) is 0 Å². The molecule has 0 atom stereocenters. The van der Waals surface area contributed by atoms with E-state index in [9.17, 15) is 8.42 Å². The second-order valence-electron chi connectivity index (χ2n) is 5.25. The van der Waals surface area contributed by atoms with Crippen LogP contribution in [0.5, 0.6) is 0 Å². The minimum Gasteiger partial charge on any atom is -0.212 e. The molecule has 14 heavy (non-hydrogen) atoms. The van der Waals surface area contributed by atoms with Crippen LogP contribution in [0.1, 0.15) is 40.5 Å². The molecule has 0 amide bonds. The Kier molecular flexibility index (Phi) is 3.26. The van der Waals surface area contributed by atoms with Crippen molar-refractivity contribution in [2.45, 2.75) is 46.6 Å². The zero-order valence-electron chi connectivity index (χ0n) is 9.50. The Balaban J connectivity index is 2.37. The van der Waals surface area contributed by atoms with E-state index in [1.54, 1.807) is 6.92 Å². The maximum absolute atomic E-state index is 11.2. The highest BCUT2D eigenvalue weighted by Gasteiger charge is 2.38. The Morgan fingerprint density at radius 2 is 1.79 bits per heavy atom. The Bertz CT molecular complexity index is 284. The molecule has 1 aliphatic rings. The van der Waals surface area contributed by atoms with Crippen LogP contribution in [0, 0.1) is 11.3 Å². The third kappa shape index (κ3) is 2.95. The molecular weight excluding hydrogens is 198 g/mol. The first-order valence-corrected chi connectivity index (χ1v) is 6.90. The Hall–Kier alpha value is -0.0900. The molecule has 0 radical (unpaired) electrons. The Morgan fingerprint density at radius 1 is 1.29 bits per heavy atom. The van der Waals surface area contributed by atoms with Gasteiger partial charge in [-0.3, -0.25) is 0 Å². The molecule has 0 bridgehead atoms. The smallest absolute Gasteiger partial charge is 0.211 e. The minimum absolute atomic E-state index is 0.184. The van der Waals surface area contributed by atoms with Crippen LogP contribution >= 0.6 is 0 Å². The van der Waals surface area contributed by atoms with E-state index in [1.807, 2.05) is 0 Å². The summed E-state index contributed by atoms with van der Waals surface area (Å²) in [6, 6.07) is 0.184. The second kappa shape index (κ2) is 3.81. The van der Waals surface area contributed by atoms with Crippen LogP contribution < -0.4 is 4.72 Å². The van der Waals surface area contributed by atoms with Crippen molar-refractivity contribution < 1.29 is 8.42 Å². The summed E-state index contributed by atoms with van der Waals surface area (Å²) in [7, 11) is -3.00. The quantitative estimate of drug-likeness (QED) is 0.786. The predicted octanol–water partition coefficient (Wildman–Crippen LogP) is 1.75. The lowest BCUT2D eigenvalue weighted by atomic mass is 9.66. The predicted molar refractivity (Wildman–Crippen MR) is 58.6 cm³/mol. The Labute approximate surface area is 87.3 Å². The first kappa shape index (κ1) is 12.0. The van der Waals surface area contributed by atoms with Gasteiger partial charge in [0.25, 0.3) is 0 Å². The van der Waals surface area contributed by atoms with Gasteiger partial charge >= 0.3 is 0 Å². The summed E-state index contributed by atoms with van der Waals surface area (Å²) in [5.74, 6) is 0.844. The van der Waals surface area contributed by atoms with E-state index >= 15 is 0 Å². The lowest BCUT2D eigenvalue weighted by Gasteiger charge is -2.43. The van der Waals surface area contributed by atoms with Crippen LogP contribution in [0.3, 0.4) is 0 Å². The molecule has 1 aliphatic carbocycles. The van der Waals surface area contributed by atoms with Gasteiger partial charge in [0.15, 0.2) is 0 Å². The number of sulfonamides is 1. The first-order chi connectivity index (χ1) is 6.24. The minimum atomic E-state index is -3.00. The number of hydrogen-bond acceptors (Lipinski definition) is 2. The van der Waals surface area contributed by atoms with Crippen molar-refractivity contribution in [1.29, 1.82) is 0 Å². The highest BCUT2D eigenvalue weighted by atomic mass is 32.2. The van der Waals surface area contributed by atoms with Crippen molar-refractivity contribution in [3.63, 3.8) is 0 Å². The molecule has 1 rings (SSSR count). The van der Waals surface area contributed by atoms with E-state index in [0.29, 0.717) is 11.3 Å². The molecule has 0 heterocycles. The molecule has 4 heteroatoms. The van der Waals surface area contributed by atoms with Crippen molar-refractivity contribution >= 4 is 10.0 Å². The van der Waals surface area contributed by atoms with E-state index < -0.39 is 10.0 Å². The standard InChI is InChI=1S/C10H21NO2S/c1-5-14(12,13)11-9-6-8(7-9)10(2,3)4/h8-9,11H,5-7H2,1-4H3. The molecule has 0 aromatic carbocycles. The van der Waals surface area contributed by atoms with E-state index in [0.717, 1.165) is 12.8 Å². The van der Waals surface area contributed by atoms with E-state index in [-0.39, 0.29) is 11.8 Å². The van der Waals surface area contributed by atoms with Gasteiger partial charge < -0.3 is 0 Å². The van der Waals surface area contributed by atoms with Crippen molar-refractivity contribution in [2.75, 3.05) is 5.75 Å². The summed E-state index contributed by atoms with van der Waals surface area (Å²) in [4.78, 5) is 0. The van der Waals surface area contributed by atoms with Gasteiger partial charge in [-0.15, -0.1) is 0 Å². The third-order valence-corrected chi connectivity index (χ3v) is 4.54. The average Bonchev–Trinajstić information content (AvgIpc) is 1.94. The van der Waals surface area contributed by atoms with Gasteiger partial charge in [-0.05, 0) is 31.1 Å². The topological polar surface area (TPSA) is 46.2 Å². The summed E-state index contributed by atoms with van der Waals surface area (Å²) in [6.45, 7) is 8.30. The van der Waals surface area contributed by atoms with Gasteiger partial charge in [-0.1, -0.05) is 20.8 Å². The van der Waals surface area contributed by atoms with Crippen molar-refractivity contribution in [2.24, 2.45) is 11.3 Å². The molecule has 0 aromatic rings. The van der Waals surface area contributed by atoms with Crippen LogP contribution in [0.25, 0.3) is 0 Å². The number of hydrogen-bond donors (Lipinski definition) is 1. The molecule has 0 spiro atoms. The van der Waals surface area contributed by atoms with Crippen LogP contribution in [0.15, 0.2) is 0 Å². The lowest BCUT2D eigenvalue weighted by Crippen LogP contribution is -2.48. The van der Waals surface area contributed by atoms with Gasteiger partial charge in [-0.2, -0.15) is 0 Å². The van der Waals surface area contributed by atoms with Gasteiger partial charge in [0, 0.05) is 6.04 Å². The molecule has 0 saturated heterocycles. The summed E-state index contributed by atoms with van der Waals surface area (Å²) in [5, 5.41) is 0. The van der Waals surface area contributed by atoms with E-state index in [1.165, 1.54) is 0 Å². The molecule has 3 nitrogen and oxygen atoms in total. The monoisotopic (exact) mass is 219 g/mol. The van der Waals surface area contributed by atoms with Crippen molar-refractivity contribution in [1.82, 2.24) is 4.72 Å². The molecule has 0 aromatic heterocycles. The van der Waals surface area contributed by atoms with E-state index in [2.05, 4.69) is 25.5 Å². The van der Waals surface area contributed by atoms with Gasteiger partial charge in [0.05, 0.1) is 5.75 Å². The van der Waals surface area contributed by atoms with Gasteiger partial charge in [0.1, 0.15) is 0 Å². The largest absolute Gasteiger partial charge is 0.212 e. The maximum Gasteiger partial charge on any atom is 0.211 e. The molecule has 1 saturated carbocycles. The fraction of sp³-hybridized carbons (Fsp3) is 1.00. The van der Waals surface area contributed by atoms with Crippen molar-refractivity contribution in [3.8, 4) is 0 Å². The average molecular weight is 219 g/mol. The van der Waals surface area contributed by atoms with Gasteiger partial charge in [-0.25, -0.2) is 13.1 Å². The summed E-state index contributed by atoms with van der Waals surface area (Å²) in [6.07, 6.45) is 1.98. The SMILES string of the molecule is CCS(=O)(=O)NC1CC(C(C)(C)C)C1. The lowest BCUT2D eigenvalue weighted by molar-refractivity contribution is 0.110. The maximum atomic E-state index is 11.2. The number of nitrogens with one attached hydrogen (secondary N) is 1. The highest BCUT2D eigenvalue weighted by Crippen LogP contribution is 2.41. The third-order valence-electron chi connectivity index (χ3n) is 3.09. The van der Waals surface area contributed by atoms with Gasteiger partial charge in [0.2, 0.25) is 10.0 Å². The second-order valence-corrected chi connectivity index (χ2v) is 7.30. The molecule has 84 valence electrons. The summed E-state index contributed by atoms with van der Waals surface area (Å²) >= 11 is 0. The first-order valence-electron chi connectivity index (χ1n) is 5.24. The zero-order valence-corrected chi connectivity index (χ0v) is 10.3. The Morgan fingerprint density at radius 3 is 2.14 bits per heavy atom. The zero-order chi connectivity index (χ0) is 11.0. The molecular formula is C10H21NO2S. The summed E-state index contributed by atoms with van der Waals surface area (Å²) in [5.41, 5.74) is 0.314. The van der Waals surface area contributed by atoms with Crippen LogP contribution in [0.2, 0.25) is 0 Å². The van der Waals surface area contributed by atoms with Crippen molar-refractivity contribution in [3.05, 3.63) is 0 Å².